The molecule has 1 aromatic heterocycles. The minimum Gasteiger partial charge on any atom is -0.356 e. The van der Waals surface area contributed by atoms with Crippen molar-refractivity contribution < 1.29 is 4.79 Å². The predicted molar refractivity (Wildman–Crippen MR) is 106 cm³/mol. The monoisotopic (exact) mass is 360 g/mol. The molecule has 2 rings (SSSR count). The van der Waals surface area contributed by atoms with E-state index >= 15 is 0 Å². The molecule has 1 unspecified atom stereocenters. The molecule has 1 fully saturated rings. The normalized spacial score (nSPS) is 16.9. The first-order valence-electron chi connectivity index (χ1n) is 9.43. The number of nitrogens with zero attached hydrogens (tertiary/aromatic N) is 4. The molecule has 1 amide bonds. The van der Waals surface area contributed by atoms with Gasteiger partial charge >= 0.3 is 0 Å². The standard InChI is InChI=1S/C19H32N6O/c1-5-15(2)22-19(21-14-18(26)24(3)4)23-16-9-12-25(13-10-16)17-8-6-7-11-20-17/h6-8,11,15-16H,5,9-10,12-14H2,1-4H3,(H2,21,22,23). The number of hydrogen-bond donors (Lipinski definition) is 2. The van der Waals surface area contributed by atoms with Gasteiger partial charge in [0.2, 0.25) is 5.91 Å². The Morgan fingerprint density at radius 3 is 2.69 bits per heavy atom. The Morgan fingerprint density at radius 1 is 1.38 bits per heavy atom. The van der Waals surface area contributed by atoms with Crippen molar-refractivity contribution in [3.05, 3.63) is 24.4 Å². The van der Waals surface area contributed by atoms with Crippen molar-refractivity contribution in [2.75, 3.05) is 38.6 Å². The van der Waals surface area contributed by atoms with E-state index in [9.17, 15) is 4.79 Å². The molecule has 0 aliphatic carbocycles. The summed E-state index contributed by atoms with van der Waals surface area (Å²) >= 11 is 0. The lowest BCUT2D eigenvalue weighted by Gasteiger charge is -2.34. The van der Waals surface area contributed by atoms with Crippen LogP contribution in [0.2, 0.25) is 0 Å². The van der Waals surface area contributed by atoms with E-state index in [1.54, 1.807) is 19.0 Å². The molecule has 0 bridgehead atoms. The highest BCUT2D eigenvalue weighted by Crippen LogP contribution is 2.17. The highest BCUT2D eigenvalue weighted by Gasteiger charge is 2.21. The fourth-order valence-electron chi connectivity index (χ4n) is 2.74. The number of carbonyl (C=O) groups excluding carboxylic acids is 1. The van der Waals surface area contributed by atoms with Crippen LogP contribution in [-0.4, -0.2) is 67.6 Å². The number of guanidine groups is 1. The number of nitrogens with one attached hydrogen (secondary N) is 2. The summed E-state index contributed by atoms with van der Waals surface area (Å²) in [6.07, 6.45) is 4.86. The van der Waals surface area contributed by atoms with Crippen LogP contribution in [-0.2, 0) is 4.79 Å². The van der Waals surface area contributed by atoms with Gasteiger partial charge in [-0.05, 0) is 38.3 Å². The maximum absolute atomic E-state index is 11.8. The number of pyridine rings is 1. The summed E-state index contributed by atoms with van der Waals surface area (Å²) in [7, 11) is 3.50. The highest BCUT2D eigenvalue weighted by atomic mass is 16.2. The molecule has 1 atom stereocenters. The average Bonchev–Trinajstić information content (AvgIpc) is 2.66. The van der Waals surface area contributed by atoms with E-state index < -0.39 is 0 Å². The number of anilines is 1. The van der Waals surface area contributed by atoms with E-state index in [0.29, 0.717) is 12.1 Å². The minimum absolute atomic E-state index is 0.000206. The van der Waals surface area contributed by atoms with Gasteiger partial charge in [0, 0.05) is 45.5 Å². The molecule has 0 aromatic carbocycles. The van der Waals surface area contributed by atoms with E-state index in [-0.39, 0.29) is 12.5 Å². The molecular weight excluding hydrogens is 328 g/mol. The summed E-state index contributed by atoms with van der Waals surface area (Å²) in [6, 6.07) is 6.67. The minimum atomic E-state index is 0.000206. The summed E-state index contributed by atoms with van der Waals surface area (Å²) in [5, 5.41) is 6.90. The SMILES string of the molecule is CCC(C)NC(=NCC(=O)N(C)C)NC1CCN(c2ccccn2)CC1. The first-order chi connectivity index (χ1) is 12.5. The van der Waals surface area contributed by atoms with E-state index in [1.165, 1.54) is 0 Å². The number of likely N-dealkylation sites (N-methyl/N-ethyl adjacent to an activating group) is 1. The van der Waals surface area contributed by atoms with Gasteiger partial charge in [-0.1, -0.05) is 13.0 Å². The Hall–Kier alpha value is -2.31. The zero-order valence-corrected chi connectivity index (χ0v) is 16.4. The van der Waals surface area contributed by atoms with Gasteiger partial charge in [0.25, 0.3) is 0 Å². The van der Waals surface area contributed by atoms with Crippen LogP contribution >= 0.6 is 0 Å². The molecule has 0 radical (unpaired) electrons. The Kier molecular flexibility index (Phi) is 7.69. The lowest BCUT2D eigenvalue weighted by molar-refractivity contribution is -0.127. The Labute approximate surface area is 156 Å². The number of amides is 1. The van der Waals surface area contributed by atoms with Crippen molar-refractivity contribution in [3.8, 4) is 0 Å². The van der Waals surface area contributed by atoms with Gasteiger partial charge in [-0.15, -0.1) is 0 Å². The summed E-state index contributed by atoms with van der Waals surface area (Å²) in [4.78, 5) is 24.6. The third-order valence-corrected chi connectivity index (χ3v) is 4.68. The second-order valence-corrected chi connectivity index (χ2v) is 7.00. The molecule has 2 N–H and O–H groups in total. The van der Waals surface area contributed by atoms with Crippen LogP contribution in [0.5, 0.6) is 0 Å². The molecule has 0 saturated carbocycles. The maximum atomic E-state index is 11.8. The number of piperidine rings is 1. The second-order valence-electron chi connectivity index (χ2n) is 7.00. The third kappa shape index (κ3) is 6.20. The van der Waals surface area contributed by atoms with Crippen LogP contribution in [0, 0.1) is 0 Å². The highest BCUT2D eigenvalue weighted by molar-refractivity contribution is 5.85. The number of aliphatic imine (C=N–C) groups is 1. The van der Waals surface area contributed by atoms with Crippen LogP contribution in [0.3, 0.4) is 0 Å². The summed E-state index contributed by atoms with van der Waals surface area (Å²) < 4.78 is 0. The molecule has 144 valence electrons. The molecule has 7 nitrogen and oxygen atoms in total. The second kappa shape index (κ2) is 9.99. The molecule has 1 aromatic rings. The van der Waals surface area contributed by atoms with Gasteiger partial charge in [-0.3, -0.25) is 4.79 Å². The van der Waals surface area contributed by atoms with Crippen LogP contribution in [0.25, 0.3) is 0 Å². The first-order valence-corrected chi connectivity index (χ1v) is 9.43. The van der Waals surface area contributed by atoms with Crippen molar-refractivity contribution in [1.29, 1.82) is 0 Å². The van der Waals surface area contributed by atoms with Gasteiger partial charge < -0.3 is 20.4 Å². The Morgan fingerprint density at radius 2 is 2.12 bits per heavy atom. The first kappa shape index (κ1) is 20.0. The maximum Gasteiger partial charge on any atom is 0.243 e. The summed E-state index contributed by atoms with van der Waals surface area (Å²) in [6.45, 7) is 6.33. The zero-order valence-electron chi connectivity index (χ0n) is 16.4. The van der Waals surface area contributed by atoms with Crippen LogP contribution in [0.15, 0.2) is 29.4 Å². The lowest BCUT2D eigenvalue weighted by atomic mass is 10.1. The van der Waals surface area contributed by atoms with Gasteiger partial charge in [0.05, 0.1) is 0 Å². The quantitative estimate of drug-likeness (QED) is 0.594. The van der Waals surface area contributed by atoms with Crippen LogP contribution < -0.4 is 15.5 Å². The van der Waals surface area contributed by atoms with E-state index in [0.717, 1.165) is 44.1 Å². The Bertz CT molecular complexity index is 581. The fourth-order valence-corrected chi connectivity index (χ4v) is 2.74. The molecule has 0 spiro atoms. The largest absolute Gasteiger partial charge is 0.356 e. The van der Waals surface area contributed by atoms with Gasteiger partial charge in [-0.2, -0.15) is 0 Å². The zero-order chi connectivity index (χ0) is 18.9. The number of carbonyl (C=O) groups is 1. The van der Waals surface area contributed by atoms with Crippen molar-refractivity contribution in [2.45, 2.75) is 45.2 Å². The summed E-state index contributed by atoms with van der Waals surface area (Å²) in [5.41, 5.74) is 0. The number of hydrogen-bond acceptors (Lipinski definition) is 4. The van der Waals surface area contributed by atoms with E-state index in [1.807, 2.05) is 18.3 Å². The van der Waals surface area contributed by atoms with Crippen molar-refractivity contribution in [3.63, 3.8) is 0 Å². The smallest absolute Gasteiger partial charge is 0.243 e. The molecule has 26 heavy (non-hydrogen) atoms. The van der Waals surface area contributed by atoms with Gasteiger partial charge in [-0.25, -0.2) is 9.98 Å². The number of rotatable bonds is 6. The Balaban J connectivity index is 1.91. The van der Waals surface area contributed by atoms with Crippen molar-refractivity contribution in [2.24, 2.45) is 4.99 Å². The van der Waals surface area contributed by atoms with Crippen molar-refractivity contribution in [1.82, 2.24) is 20.5 Å². The van der Waals surface area contributed by atoms with Crippen LogP contribution in [0.1, 0.15) is 33.1 Å². The third-order valence-electron chi connectivity index (χ3n) is 4.68. The van der Waals surface area contributed by atoms with E-state index in [2.05, 4.69) is 45.4 Å². The van der Waals surface area contributed by atoms with E-state index in [4.69, 9.17) is 0 Å². The fraction of sp³-hybridized carbons (Fsp3) is 0.632. The molecule has 1 aliphatic rings. The average molecular weight is 361 g/mol. The predicted octanol–water partition coefficient (Wildman–Crippen LogP) is 1.47. The molecular formula is C19H32N6O. The van der Waals surface area contributed by atoms with Crippen LogP contribution in [0.4, 0.5) is 5.82 Å². The summed E-state index contributed by atoms with van der Waals surface area (Å²) in [5.74, 6) is 1.76. The molecule has 2 heterocycles. The molecule has 7 heteroatoms. The van der Waals surface area contributed by atoms with Gasteiger partial charge in [0.1, 0.15) is 12.4 Å². The number of aromatic nitrogens is 1. The molecule has 1 saturated heterocycles. The van der Waals surface area contributed by atoms with Gasteiger partial charge in [0.15, 0.2) is 5.96 Å². The molecule has 1 aliphatic heterocycles. The topological polar surface area (TPSA) is 72.9 Å². The lowest BCUT2D eigenvalue weighted by Crippen LogP contribution is -2.50. The van der Waals surface area contributed by atoms with Crippen molar-refractivity contribution >= 4 is 17.7 Å².